The van der Waals surface area contributed by atoms with Crippen molar-refractivity contribution in [2.24, 2.45) is 5.92 Å². The highest BCUT2D eigenvalue weighted by Gasteiger charge is 2.31. The van der Waals surface area contributed by atoms with Crippen LogP contribution in [-0.4, -0.2) is 18.2 Å². The first-order chi connectivity index (χ1) is 7.61. The van der Waals surface area contributed by atoms with Crippen molar-refractivity contribution >= 4 is 0 Å². The van der Waals surface area contributed by atoms with Gasteiger partial charge in [0.25, 0.3) is 0 Å². The summed E-state index contributed by atoms with van der Waals surface area (Å²) in [5, 5.41) is 1.84. The fourth-order valence-corrected chi connectivity index (χ4v) is 2.01. The Labute approximate surface area is 93.8 Å². The standard InChI is InChI=1S/C12H15F2NO/c1-3-15-7-8(2)12(16-15)9-4-5-10(13)11(14)6-9/h4-6,8,12H,3,7H2,1-2H3/t8-,12-/m1/s1. The van der Waals surface area contributed by atoms with E-state index in [0.29, 0.717) is 5.56 Å². The fourth-order valence-electron chi connectivity index (χ4n) is 2.01. The van der Waals surface area contributed by atoms with Gasteiger partial charge in [0.15, 0.2) is 11.6 Å². The van der Waals surface area contributed by atoms with Gasteiger partial charge in [-0.05, 0) is 17.7 Å². The molecule has 1 aromatic carbocycles. The van der Waals surface area contributed by atoms with E-state index in [1.807, 2.05) is 18.9 Å². The maximum atomic E-state index is 13.1. The third-order valence-corrected chi connectivity index (χ3v) is 2.90. The van der Waals surface area contributed by atoms with Crippen LogP contribution < -0.4 is 0 Å². The fraction of sp³-hybridized carbons (Fsp3) is 0.500. The van der Waals surface area contributed by atoms with Crippen LogP contribution in [0.2, 0.25) is 0 Å². The molecule has 0 amide bonds. The second-order valence-corrected chi connectivity index (χ2v) is 4.16. The Balaban J connectivity index is 2.21. The van der Waals surface area contributed by atoms with E-state index in [1.54, 1.807) is 6.07 Å². The van der Waals surface area contributed by atoms with E-state index in [1.165, 1.54) is 6.07 Å². The third kappa shape index (κ3) is 2.08. The number of hydrogen-bond acceptors (Lipinski definition) is 2. The second kappa shape index (κ2) is 4.47. The van der Waals surface area contributed by atoms with E-state index in [-0.39, 0.29) is 12.0 Å². The maximum absolute atomic E-state index is 13.1. The van der Waals surface area contributed by atoms with Gasteiger partial charge in [-0.25, -0.2) is 8.78 Å². The molecule has 2 rings (SSSR count). The van der Waals surface area contributed by atoms with Crippen LogP contribution in [0.4, 0.5) is 8.78 Å². The number of benzene rings is 1. The van der Waals surface area contributed by atoms with Gasteiger partial charge in [-0.15, -0.1) is 0 Å². The van der Waals surface area contributed by atoms with E-state index in [0.717, 1.165) is 19.2 Å². The highest BCUT2D eigenvalue weighted by Crippen LogP contribution is 2.33. The van der Waals surface area contributed by atoms with Crippen LogP contribution in [0, 0.1) is 17.6 Å². The summed E-state index contributed by atoms with van der Waals surface area (Å²) in [6.07, 6.45) is -0.171. The SMILES string of the molecule is CCN1C[C@@H](C)[C@H](c2ccc(F)c(F)c2)O1. The molecule has 16 heavy (non-hydrogen) atoms. The first-order valence-electron chi connectivity index (χ1n) is 5.48. The van der Waals surface area contributed by atoms with Gasteiger partial charge in [0.05, 0.1) is 0 Å². The molecule has 1 aliphatic rings. The molecule has 0 saturated carbocycles. The zero-order valence-electron chi connectivity index (χ0n) is 9.41. The molecule has 0 aromatic heterocycles. The monoisotopic (exact) mass is 227 g/mol. The molecule has 1 fully saturated rings. The number of halogens is 2. The van der Waals surface area contributed by atoms with Crippen molar-refractivity contribution < 1.29 is 13.6 Å². The Morgan fingerprint density at radius 1 is 1.38 bits per heavy atom. The lowest BCUT2D eigenvalue weighted by Gasteiger charge is -2.15. The van der Waals surface area contributed by atoms with Crippen LogP contribution in [-0.2, 0) is 4.84 Å². The number of rotatable bonds is 2. The minimum atomic E-state index is -0.818. The van der Waals surface area contributed by atoms with Gasteiger partial charge in [0.2, 0.25) is 0 Å². The molecule has 0 radical (unpaired) electrons. The van der Waals surface area contributed by atoms with Gasteiger partial charge in [0.1, 0.15) is 6.10 Å². The molecule has 88 valence electrons. The second-order valence-electron chi connectivity index (χ2n) is 4.16. The summed E-state index contributed by atoms with van der Waals surface area (Å²) < 4.78 is 25.9. The average Bonchev–Trinajstić information content (AvgIpc) is 2.64. The largest absolute Gasteiger partial charge is 0.291 e. The Hall–Kier alpha value is -1.00. The molecule has 2 nitrogen and oxygen atoms in total. The summed E-state index contributed by atoms with van der Waals surface area (Å²) in [6.45, 7) is 5.66. The van der Waals surface area contributed by atoms with E-state index in [4.69, 9.17) is 4.84 Å². The predicted molar refractivity (Wildman–Crippen MR) is 56.6 cm³/mol. The molecule has 2 atom stereocenters. The lowest BCUT2D eigenvalue weighted by atomic mass is 9.98. The number of hydroxylamine groups is 2. The lowest BCUT2D eigenvalue weighted by molar-refractivity contribution is -0.145. The molecule has 0 N–H and O–H groups in total. The topological polar surface area (TPSA) is 12.5 Å². The predicted octanol–water partition coefficient (Wildman–Crippen LogP) is 2.91. The summed E-state index contributed by atoms with van der Waals surface area (Å²) in [7, 11) is 0. The normalized spacial score (nSPS) is 26.2. The lowest BCUT2D eigenvalue weighted by Crippen LogP contribution is -2.17. The van der Waals surface area contributed by atoms with Crippen LogP contribution in [0.5, 0.6) is 0 Å². The summed E-state index contributed by atoms with van der Waals surface area (Å²) in [6, 6.07) is 3.95. The van der Waals surface area contributed by atoms with Crippen molar-refractivity contribution in [1.82, 2.24) is 5.06 Å². The number of hydrogen-bond donors (Lipinski definition) is 0. The zero-order valence-corrected chi connectivity index (χ0v) is 9.41. The molecule has 1 aromatic rings. The minimum absolute atomic E-state index is 0.171. The first kappa shape index (κ1) is 11.5. The van der Waals surface area contributed by atoms with Crippen LogP contribution in [0.1, 0.15) is 25.5 Å². The molecule has 4 heteroatoms. The molecule has 0 unspecified atom stereocenters. The molecule has 0 spiro atoms. The highest BCUT2D eigenvalue weighted by atomic mass is 19.2. The van der Waals surface area contributed by atoms with Crippen LogP contribution in [0.25, 0.3) is 0 Å². The van der Waals surface area contributed by atoms with Crippen molar-refractivity contribution in [3.63, 3.8) is 0 Å². The molecule has 1 saturated heterocycles. The van der Waals surface area contributed by atoms with Crippen molar-refractivity contribution in [1.29, 1.82) is 0 Å². The van der Waals surface area contributed by atoms with Gasteiger partial charge in [-0.2, -0.15) is 5.06 Å². The third-order valence-electron chi connectivity index (χ3n) is 2.90. The van der Waals surface area contributed by atoms with E-state index < -0.39 is 11.6 Å². The van der Waals surface area contributed by atoms with E-state index >= 15 is 0 Å². The number of nitrogens with zero attached hydrogens (tertiary/aromatic N) is 1. The minimum Gasteiger partial charge on any atom is -0.291 e. The Morgan fingerprint density at radius 3 is 2.69 bits per heavy atom. The van der Waals surface area contributed by atoms with Gasteiger partial charge in [-0.1, -0.05) is 19.9 Å². The van der Waals surface area contributed by atoms with Crippen molar-refractivity contribution in [3.05, 3.63) is 35.4 Å². The average molecular weight is 227 g/mol. The highest BCUT2D eigenvalue weighted by molar-refractivity contribution is 5.21. The van der Waals surface area contributed by atoms with E-state index in [2.05, 4.69) is 0 Å². The molecular formula is C12H15F2NO. The van der Waals surface area contributed by atoms with Crippen LogP contribution in [0.3, 0.4) is 0 Å². The van der Waals surface area contributed by atoms with E-state index in [9.17, 15) is 8.78 Å². The molecule has 0 bridgehead atoms. The molecule has 1 aliphatic heterocycles. The molecule has 0 aliphatic carbocycles. The van der Waals surface area contributed by atoms with Crippen LogP contribution in [0.15, 0.2) is 18.2 Å². The van der Waals surface area contributed by atoms with Crippen LogP contribution >= 0.6 is 0 Å². The summed E-state index contributed by atoms with van der Waals surface area (Å²) in [5.74, 6) is -1.35. The summed E-state index contributed by atoms with van der Waals surface area (Å²) in [5.41, 5.74) is 0.697. The van der Waals surface area contributed by atoms with Gasteiger partial charge < -0.3 is 0 Å². The van der Waals surface area contributed by atoms with Gasteiger partial charge in [0, 0.05) is 19.0 Å². The smallest absolute Gasteiger partial charge is 0.159 e. The zero-order chi connectivity index (χ0) is 11.7. The Bertz CT molecular complexity index is 383. The Morgan fingerprint density at radius 2 is 2.12 bits per heavy atom. The first-order valence-corrected chi connectivity index (χ1v) is 5.48. The van der Waals surface area contributed by atoms with Crippen molar-refractivity contribution in [2.45, 2.75) is 20.0 Å². The van der Waals surface area contributed by atoms with Crippen molar-refractivity contribution in [2.75, 3.05) is 13.1 Å². The van der Waals surface area contributed by atoms with Gasteiger partial charge in [-0.3, -0.25) is 4.84 Å². The maximum Gasteiger partial charge on any atom is 0.159 e. The summed E-state index contributed by atoms with van der Waals surface area (Å²) >= 11 is 0. The van der Waals surface area contributed by atoms with Crippen molar-refractivity contribution in [3.8, 4) is 0 Å². The molecule has 1 heterocycles. The summed E-state index contributed by atoms with van der Waals surface area (Å²) in [4.78, 5) is 5.65. The Kier molecular flexibility index (Phi) is 3.21. The molecular weight excluding hydrogens is 212 g/mol. The van der Waals surface area contributed by atoms with Gasteiger partial charge >= 0.3 is 0 Å². The quantitative estimate of drug-likeness (QED) is 0.770.